The lowest BCUT2D eigenvalue weighted by Crippen LogP contribution is -2.29. The molecule has 0 radical (unpaired) electrons. The summed E-state index contributed by atoms with van der Waals surface area (Å²) in [5.74, 6) is 0.448. The molecular formula is C16H19ClN4O. The summed E-state index contributed by atoms with van der Waals surface area (Å²) in [6.07, 6.45) is 4.38. The van der Waals surface area contributed by atoms with Crippen molar-refractivity contribution in [3.05, 3.63) is 52.8 Å². The van der Waals surface area contributed by atoms with Crippen LogP contribution >= 0.6 is 11.6 Å². The maximum atomic E-state index is 12.4. The molecule has 1 aromatic heterocycles. The second-order valence-electron chi connectivity index (χ2n) is 5.66. The third-order valence-corrected chi connectivity index (χ3v) is 4.45. The van der Waals surface area contributed by atoms with Crippen molar-refractivity contribution < 1.29 is 4.79 Å². The van der Waals surface area contributed by atoms with E-state index >= 15 is 0 Å². The van der Waals surface area contributed by atoms with E-state index in [1.807, 2.05) is 29.2 Å². The van der Waals surface area contributed by atoms with Gasteiger partial charge in [0.1, 0.15) is 0 Å². The van der Waals surface area contributed by atoms with E-state index in [4.69, 9.17) is 17.3 Å². The number of likely N-dealkylation sites (tertiary alicyclic amines) is 1. The first kappa shape index (κ1) is 15.1. The van der Waals surface area contributed by atoms with Crippen LogP contribution in [0.4, 0.5) is 0 Å². The van der Waals surface area contributed by atoms with Crippen LogP contribution in [0.1, 0.15) is 22.3 Å². The van der Waals surface area contributed by atoms with Gasteiger partial charge in [0.15, 0.2) is 0 Å². The van der Waals surface area contributed by atoms with Gasteiger partial charge in [-0.3, -0.25) is 9.48 Å². The fourth-order valence-electron chi connectivity index (χ4n) is 2.75. The van der Waals surface area contributed by atoms with Gasteiger partial charge in [-0.1, -0.05) is 29.8 Å². The van der Waals surface area contributed by atoms with Gasteiger partial charge in [-0.05, 0) is 30.5 Å². The minimum atomic E-state index is 0.0290. The van der Waals surface area contributed by atoms with Gasteiger partial charge in [-0.15, -0.1) is 0 Å². The highest BCUT2D eigenvalue weighted by atomic mass is 35.5. The normalized spacial score (nSPS) is 17.9. The van der Waals surface area contributed by atoms with Crippen molar-refractivity contribution in [1.29, 1.82) is 0 Å². The Kier molecular flexibility index (Phi) is 4.45. The first-order chi connectivity index (χ1) is 10.7. The molecule has 1 aliphatic rings. The number of carbonyl (C=O) groups is 1. The quantitative estimate of drug-likeness (QED) is 0.938. The van der Waals surface area contributed by atoms with Crippen molar-refractivity contribution in [2.24, 2.45) is 11.7 Å². The zero-order valence-corrected chi connectivity index (χ0v) is 13.0. The van der Waals surface area contributed by atoms with Crippen molar-refractivity contribution in [2.75, 3.05) is 19.6 Å². The largest absolute Gasteiger partial charge is 0.338 e. The molecule has 1 atom stereocenters. The van der Waals surface area contributed by atoms with E-state index in [0.29, 0.717) is 29.6 Å². The van der Waals surface area contributed by atoms with Crippen molar-refractivity contribution in [1.82, 2.24) is 14.7 Å². The van der Waals surface area contributed by atoms with Crippen LogP contribution in [0.5, 0.6) is 0 Å². The number of nitrogens with zero attached hydrogens (tertiary/aromatic N) is 3. The van der Waals surface area contributed by atoms with Crippen molar-refractivity contribution in [3.63, 3.8) is 0 Å². The minimum absolute atomic E-state index is 0.0290. The molecule has 1 saturated heterocycles. The standard InChI is InChI=1S/C16H19ClN4O/c17-15-4-2-1-3-13(15)10-21-11-14(8-19-21)16(22)20-6-5-12(7-18)9-20/h1-4,8,11-12H,5-7,9-10,18H2. The van der Waals surface area contributed by atoms with E-state index in [1.165, 1.54) is 0 Å². The summed E-state index contributed by atoms with van der Waals surface area (Å²) in [6.45, 7) is 2.70. The lowest BCUT2D eigenvalue weighted by molar-refractivity contribution is 0.0787. The van der Waals surface area contributed by atoms with Gasteiger partial charge < -0.3 is 10.6 Å². The molecule has 1 amide bonds. The summed E-state index contributed by atoms with van der Waals surface area (Å²) in [4.78, 5) is 14.3. The zero-order chi connectivity index (χ0) is 15.5. The van der Waals surface area contributed by atoms with Crippen LogP contribution in [-0.4, -0.2) is 40.2 Å². The van der Waals surface area contributed by atoms with Crippen LogP contribution in [0.25, 0.3) is 0 Å². The van der Waals surface area contributed by atoms with Gasteiger partial charge in [0.25, 0.3) is 5.91 Å². The summed E-state index contributed by atoms with van der Waals surface area (Å²) in [7, 11) is 0. The lowest BCUT2D eigenvalue weighted by atomic mass is 10.1. The van der Waals surface area contributed by atoms with Gasteiger partial charge in [0.05, 0.1) is 18.3 Å². The highest BCUT2D eigenvalue weighted by Crippen LogP contribution is 2.19. The van der Waals surface area contributed by atoms with E-state index in [1.54, 1.807) is 17.1 Å². The second kappa shape index (κ2) is 6.50. The molecule has 116 valence electrons. The number of hydrogen-bond donors (Lipinski definition) is 1. The number of aromatic nitrogens is 2. The van der Waals surface area contributed by atoms with Gasteiger partial charge in [0, 0.05) is 24.3 Å². The van der Waals surface area contributed by atoms with Crippen molar-refractivity contribution in [3.8, 4) is 0 Å². The summed E-state index contributed by atoms with van der Waals surface area (Å²) in [5.41, 5.74) is 7.27. The Morgan fingerprint density at radius 3 is 2.95 bits per heavy atom. The van der Waals surface area contributed by atoms with Crippen LogP contribution < -0.4 is 5.73 Å². The number of rotatable bonds is 4. The van der Waals surface area contributed by atoms with Crippen LogP contribution in [0.2, 0.25) is 5.02 Å². The Hall–Kier alpha value is -1.85. The highest BCUT2D eigenvalue weighted by molar-refractivity contribution is 6.31. The Balaban J connectivity index is 1.69. The first-order valence-corrected chi connectivity index (χ1v) is 7.80. The molecule has 2 heterocycles. The average Bonchev–Trinajstić information content (AvgIpc) is 3.18. The van der Waals surface area contributed by atoms with Crippen LogP contribution in [0.15, 0.2) is 36.7 Å². The molecule has 22 heavy (non-hydrogen) atoms. The molecule has 0 spiro atoms. The van der Waals surface area contributed by atoms with Crippen LogP contribution in [0.3, 0.4) is 0 Å². The molecule has 0 bridgehead atoms. The van der Waals surface area contributed by atoms with Crippen LogP contribution in [-0.2, 0) is 6.54 Å². The Labute approximate surface area is 134 Å². The molecule has 1 unspecified atom stereocenters. The predicted molar refractivity (Wildman–Crippen MR) is 85.8 cm³/mol. The van der Waals surface area contributed by atoms with Crippen molar-refractivity contribution in [2.45, 2.75) is 13.0 Å². The minimum Gasteiger partial charge on any atom is -0.338 e. The third-order valence-electron chi connectivity index (χ3n) is 4.08. The second-order valence-corrected chi connectivity index (χ2v) is 6.07. The molecule has 0 aliphatic carbocycles. The number of carbonyl (C=O) groups excluding carboxylic acids is 1. The predicted octanol–water partition coefficient (Wildman–Crippen LogP) is 2.01. The van der Waals surface area contributed by atoms with Crippen LogP contribution in [0, 0.1) is 5.92 Å². The van der Waals surface area contributed by atoms with Gasteiger partial charge in [-0.25, -0.2) is 0 Å². The van der Waals surface area contributed by atoms with E-state index in [2.05, 4.69) is 5.10 Å². The highest BCUT2D eigenvalue weighted by Gasteiger charge is 2.26. The maximum Gasteiger partial charge on any atom is 0.257 e. The number of halogens is 1. The van der Waals surface area contributed by atoms with E-state index in [0.717, 1.165) is 25.1 Å². The van der Waals surface area contributed by atoms with E-state index < -0.39 is 0 Å². The van der Waals surface area contributed by atoms with E-state index in [-0.39, 0.29) is 5.91 Å². The topological polar surface area (TPSA) is 64.2 Å². The van der Waals surface area contributed by atoms with Gasteiger partial charge in [-0.2, -0.15) is 5.10 Å². The molecule has 6 heteroatoms. The van der Waals surface area contributed by atoms with Gasteiger partial charge >= 0.3 is 0 Å². The van der Waals surface area contributed by atoms with E-state index in [9.17, 15) is 4.79 Å². The summed E-state index contributed by atoms with van der Waals surface area (Å²) in [5, 5.41) is 4.97. The maximum absolute atomic E-state index is 12.4. The third kappa shape index (κ3) is 3.15. The number of amides is 1. The molecule has 1 aromatic carbocycles. The SMILES string of the molecule is NCC1CCN(C(=O)c2cnn(Cc3ccccc3Cl)c2)C1. The number of benzene rings is 1. The molecule has 2 aromatic rings. The molecule has 2 N–H and O–H groups in total. The number of hydrogen-bond acceptors (Lipinski definition) is 3. The summed E-state index contributed by atoms with van der Waals surface area (Å²) >= 11 is 6.15. The zero-order valence-electron chi connectivity index (χ0n) is 12.3. The molecule has 0 saturated carbocycles. The fourth-order valence-corrected chi connectivity index (χ4v) is 2.95. The Bertz CT molecular complexity index is 670. The monoisotopic (exact) mass is 318 g/mol. The summed E-state index contributed by atoms with van der Waals surface area (Å²) < 4.78 is 1.74. The Morgan fingerprint density at radius 2 is 2.23 bits per heavy atom. The first-order valence-electron chi connectivity index (χ1n) is 7.42. The van der Waals surface area contributed by atoms with Gasteiger partial charge in [0.2, 0.25) is 0 Å². The fraction of sp³-hybridized carbons (Fsp3) is 0.375. The molecule has 3 rings (SSSR count). The Morgan fingerprint density at radius 1 is 1.41 bits per heavy atom. The molecule has 5 nitrogen and oxygen atoms in total. The molecule has 1 aliphatic heterocycles. The number of nitrogens with two attached hydrogens (primary N) is 1. The van der Waals surface area contributed by atoms with Crippen molar-refractivity contribution >= 4 is 17.5 Å². The summed E-state index contributed by atoms with van der Waals surface area (Å²) in [6, 6.07) is 7.64. The molecular weight excluding hydrogens is 300 g/mol. The lowest BCUT2D eigenvalue weighted by Gasteiger charge is -2.14. The molecule has 1 fully saturated rings. The smallest absolute Gasteiger partial charge is 0.257 e. The average molecular weight is 319 g/mol.